The van der Waals surface area contributed by atoms with Crippen LogP contribution in [-0.4, -0.2) is 20.1 Å². The molecule has 2 aromatic rings. The van der Waals surface area contributed by atoms with E-state index in [4.69, 9.17) is 0 Å². The number of hydrogen-bond acceptors (Lipinski definition) is 4. The molecule has 2 heterocycles. The molecule has 0 bridgehead atoms. The standard InChI is InChI=1S/C8H9N3OS/c12-6(8-10-1-2-11-8)5-7-9-3-4-13-7/h1-4,6,12H,5H2,(H,10,11). The number of imidazole rings is 1. The summed E-state index contributed by atoms with van der Waals surface area (Å²) in [5, 5.41) is 12.5. The Balaban J connectivity index is 2.04. The second-order valence-electron chi connectivity index (χ2n) is 2.62. The molecule has 2 rings (SSSR count). The highest BCUT2D eigenvalue weighted by Gasteiger charge is 2.11. The Bertz CT molecular complexity index is 343. The second-order valence-corrected chi connectivity index (χ2v) is 3.60. The zero-order valence-electron chi connectivity index (χ0n) is 6.84. The van der Waals surface area contributed by atoms with Gasteiger partial charge in [0.25, 0.3) is 0 Å². The topological polar surface area (TPSA) is 61.8 Å². The molecule has 13 heavy (non-hydrogen) atoms. The van der Waals surface area contributed by atoms with Gasteiger partial charge in [-0.3, -0.25) is 0 Å². The maximum Gasteiger partial charge on any atom is 0.135 e. The average molecular weight is 195 g/mol. The Morgan fingerprint density at radius 3 is 3.00 bits per heavy atom. The van der Waals surface area contributed by atoms with E-state index in [1.54, 1.807) is 18.6 Å². The van der Waals surface area contributed by atoms with Gasteiger partial charge in [0.15, 0.2) is 0 Å². The monoisotopic (exact) mass is 195 g/mol. The largest absolute Gasteiger partial charge is 0.385 e. The Labute approximate surface area is 79.3 Å². The number of aliphatic hydroxyl groups excluding tert-OH is 1. The van der Waals surface area contributed by atoms with E-state index in [-0.39, 0.29) is 0 Å². The van der Waals surface area contributed by atoms with E-state index in [0.717, 1.165) is 5.01 Å². The fourth-order valence-electron chi connectivity index (χ4n) is 1.08. The zero-order chi connectivity index (χ0) is 9.10. The first kappa shape index (κ1) is 8.40. The fourth-order valence-corrected chi connectivity index (χ4v) is 1.73. The molecule has 68 valence electrons. The summed E-state index contributed by atoms with van der Waals surface area (Å²) in [7, 11) is 0. The summed E-state index contributed by atoms with van der Waals surface area (Å²) in [5.41, 5.74) is 0. The summed E-state index contributed by atoms with van der Waals surface area (Å²) in [6.45, 7) is 0. The SMILES string of the molecule is OC(Cc1nccs1)c1ncc[nH]1. The minimum absolute atomic E-state index is 0.519. The predicted octanol–water partition coefficient (Wildman–Crippen LogP) is 1.14. The molecule has 0 saturated heterocycles. The van der Waals surface area contributed by atoms with Gasteiger partial charge in [0.05, 0.1) is 5.01 Å². The lowest BCUT2D eigenvalue weighted by molar-refractivity contribution is 0.169. The van der Waals surface area contributed by atoms with Crippen molar-refractivity contribution < 1.29 is 5.11 Å². The predicted molar refractivity (Wildman–Crippen MR) is 49.4 cm³/mol. The van der Waals surface area contributed by atoms with Crippen LogP contribution in [0.1, 0.15) is 16.9 Å². The van der Waals surface area contributed by atoms with Gasteiger partial charge in [0.1, 0.15) is 11.9 Å². The van der Waals surface area contributed by atoms with Crippen LogP contribution in [0.15, 0.2) is 24.0 Å². The fraction of sp³-hybridized carbons (Fsp3) is 0.250. The van der Waals surface area contributed by atoms with Crippen molar-refractivity contribution in [2.75, 3.05) is 0 Å². The second kappa shape index (κ2) is 3.68. The van der Waals surface area contributed by atoms with Gasteiger partial charge in [0.2, 0.25) is 0 Å². The summed E-state index contributed by atoms with van der Waals surface area (Å²) < 4.78 is 0. The highest BCUT2D eigenvalue weighted by molar-refractivity contribution is 7.09. The molecule has 0 spiro atoms. The molecule has 0 aliphatic rings. The molecular weight excluding hydrogens is 186 g/mol. The number of H-pyrrole nitrogens is 1. The first-order chi connectivity index (χ1) is 6.36. The van der Waals surface area contributed by atoms with E-state index in [1.165, 1.54) is 11.3 Å². The van der Waals surface area contributed by atoms with E-state index in [1.807, 2.05) is 5.38 Å². The van der Waals surface area contributed by atoms with Crippen molar-refractivity contribution in [3.63, 3.8) is 0 Å². The molecule has 1 unspecified atom stereocenters. The summed E-state index contributed by atoms with van der Waals surface area (Å²) in [5.74, 6) is 0.593. The number of nitrogens with one attached hydrogen (secondary N) is 1. The molecular formula is C8H9N3OS. The van der Waals surface area contributed by atoms with Crippen molar-refractivity contribution in [2.45, 2.75) is 12.5 Å². The smallest absolute Gasteiger partial charge is 0.135 e. The highest BCUT2D eigenvalue weighted by Crippen LogP contribution is 2.15. The van der Waals surface area contributed by atoms with Crippen LogP contribution < -0.4 is 0 Å². The molecule has 2 N–H and O–H groups in total. The van der Waals surface area contributed by atoms with E-state index >= 15 is 0 Å². The number of nitrogens with zero attached hydrogens (tertiary/aromatic N) is 2. The highest BCUT2D eigenvalue weighted by atomic mass is 32.1. The van der Waals surface area contributed by atoms with Crippen molar-refractivity contribution in [1.82, 2.24) is 15.0 Å². The van der Waals surface area contributed by atoms with Crippen LogP contribution in [0.5, 0.6) is 0 Å². The Morgan fingerprint density at radius 2 is 2.38 bits per heavy atom. The van der Waals surface area contributed by atoms with E-state index in [0.29, 0.717) is 12.2 Å². The number of hydrogen-bond donors (Lipinski definition) is 2. The summed E-state index contributed by atoms with van der Waals surface area (Å²) in [6, 6.07) is 0. The van der Waals surface area contributed by atoms with Crippen LogP contribution in [-0.2, 0) is 6.42 Å². The normalized spacial score (nSPS) is 13.0. The molecule has 0 saturated carbocycles. The van der Waals surface area contributed by atoms with E-state index in [2.05, 4.69) is 15.0 Å². The van der Waals surface area contributed by atoms with Crippen LogP contribution in [0.3, 0.4) is 0 Å². The molecule has 0 aliphatic heterocycles. The van der Waals surface area contributed by atoms with Gasteiger partial charge >= 0.3 is 0 Å². The molecule has 5 heteroatoms. The Kier molecular flexibility index (Phi) is 2.37. The van der Waals surface area contributed by atoms with Gasteiger partial charge in [-0.15, -0.1) is 11.3 Å². The maximum absolute atomic E-state index is 9.65. The van der Waals surface area contributed by atoms with Crippen LogP contribution in [0.2, 0.25) is 0 Å². The lowest BCUT2D eigenvalue weighted by Crippen LogP contribution is -2.03. The molecule has 4 nitrogen and oxygen atoms in total. The summed E-state index contributed by atoms with van der Waals surface area (Å²) in [6.07, 6.45) is 4.99. The lowest BCUT2D eigenvalue weighted by Gasteiger charge is -2.03. The number of aromatic nitrogens is 3. The first-order valence-corrected chi connectivity index (χ1v) is 4.80. The van der Waals surface area contributed by atoms with Crippen LogP contribution in [0, 0.1) is 0 Å². The molecule has 0 aromatic carbocycles. The van der Waals surface area contributed by atoms with Gasteiger partial charge in [0, 0.05) is 30.4 Å². The molecule has 0 radical (unpaired) electrons. The number of thiazole rings is 1. The molecule has 0 aliphatic carbocycles. The van der Waals surface area contributed by atoms with Crippen molar-refractivity contribution >= 4 is 11.3 Å². The average Bonchev–Trinajstić information content (AvgIpc) is 2.74. The van der Waals surface area contributed by atoms with E-state index in [9.17, 15) is 5.11 Å². The molecule has 2 aromatic heterocycles. The summed E-state index contributed by atoms with van der Waals surface area (Å²) >= 11 is 1.54. The number of rotatable bonds is 3. The maximum atomic E-state index is 9.65. The summed E-state index contributed by atoms with van der Waals surface area (Å²) in [4.78, 5) is 10.9. The minimum Gasteiger partial charge on any atom is -0.385 e. The van der Waals surface area contributed by atoms with Gasteiger partial charge in [-0.25, -0.2) is 9.97 Å². The number of aromatic amines is 1. The van der Waals surface area contributed by atoms with Crippen molar-refractivity contribution in [3.8, 4) is 0 Å². The molecule has 1 atom stereocenters. The third kappa shape index (κ3) is 1.93. The van der Waals surface area contributed by atoms with Crippen molar-refractivity contribution in [1.29, 1.82) is 0 Å². The Morgan fingerprint density at radius 1 is 1.46 bits per heavy atom. The number of aliphatic hydroxyl groups is 1. The van der Waals surface area contributed by atoms with Crippen LogP contribution in [0.4, 0.5) is 0 Å². The third-order valence-electron chi connectivity index (χ3n) is 1.69. The third-order valence-corrected chi connectivity index (χ3v) is 2.49. The minimum atomic E-state index is -0.582. The van der Waals surface area contributed by atoms with Crippen LogP contribution in [0.25, 0.3) is 0 Å². The quantitative estimate of drug-likeness (QED) is 0.772. The van der Waals surface area contributed by atoms with Gasteiger partial charge in [-0.1, -0.05) is 0 Å². The van der Waals surface area contributed by atoms with Gasteiger partial charge in [-0.2, -0.15) is 0 Å². The lowest BCUT2D eigenvalue weighted by atomic mass is 10.2. The molecule has 0 amide bonds. The Hall–Kier alpha value is -1.20. The van der Waals surface area contributed by atoms with Crippen molar-refractivity contribution in [3.05, 3.63) is 34.8 Å². The van der Waals surface area contributed by atoms with Crippen molar-refractivity contribution in [2.24, 2.45) is 0 Å². The zero-order valence-corrected chi connectivity index (χ0v) is 7.66. The first-order valence-electron chi connectivity index (χ1n) is 3.92. The molecule has 0 fully saturated rings. The van der Waals surface area contributed by atoms with Gasteiger partial charge < -0.3 is 10.1 Å². The van der Waals surface area contributed by atoms with Gasteiger partial charge in [-0.05, 0) is 0 Å². The van der Waals surface area contributed by atoms with E-state index < -0.39 is 6.10 Å². The van der Waals surface area contributed by atoms with Crippen LogP contribution >= 0.6 is 11.3 Å².